The predicted octanol–water partition coefficient (Wildman–Crippen LogP) is 2.40. The van der Waals surface area contributed by atoms with Crippen LogP contribution in [-0.4, -0.2) is 25.2 Å². The number of ether oxygens (including phenoxy) is 1. The Morgan fingerprint density at radius 1 is 1.45 bits per heavy atom. The second kappa shape index (κ2) is 5.94. The third kappa shape index (κ3) is 2.72. The molecule has 108 valence electrons. The van der Waals surface area contributed by atoms with Crippen molar-refractivity contribution in [3.63, 3.8) is 0 Å². The molecule has 20 heavy (non-hydrogen) atoms. The standard InChI is InChI=1S/C16H22N2O2/c1-2-17-16(14-5-3-4-8-20-14)11-6-7-13-12(9-11)10-15(19)18-13/h6-7,9,14,16-17H,2-5,8,10H2,1H3,(H,18,19). The average Bonchev–Trinajstić information content (AvgIpc) is 2.84. The lowest BCUT2D eigenvalue weighted by Crippen LogP contribution is -2.36. The molecule has 0 radical (unpaired) electrons. The molecule has 2 atom stereocenters. The second-order valence-electron chi connectivity index (χ2n) is 5.58. The van der Waals surface area contributed by atoms with Gasteiger partial charge in [0.1, 0.15) is 0 Å². The molecular weight excluding hydrogens is 252 g/mol. The summed E-state index contributed by atoms with van der Waals surface area (Å²) < 4.78 is 5.94. The Bertz CT molecular complexity index is 495. The van der Waals surface area contributed by atoms with Gasteiger partial charge in [-0.25, -0.2) is 0 Å². The van der Waals surface area contributed by atoms with Crippen molar-refractivity contribution in [2.45, 2.75) is 44.8 Å². The van der Waals surface area contributed by atoms with E-state index in [9.17, 15) is 4.79 Å². The third-order valence-electron chi connectivity index (χ3n) is 4.12. The zero-order valence-corrected chi connectivity index (χ0v) is 11.9. The fourth-order valence-corrected chi connectivity index (χ4v) is 3.16. The number of benzene rings is 1. The zero-order valence-electron chi connectivity index (χ0n) is 11.9. The quantitative estimate of drug-likeness (QED) is 0.886. The minimum absolute atomic E-state index is 0.0890. The maximum Gasteiger partial charge on any atom is 0.228 e. The molecule has 2 aliphatic rings. The van der Waals surface area contributed by atoms with Gasteiger partial charge >= 0.3 is 0 Å². The van der Waals surface area contributed by atoms with E-state index in [1.165, 1.54) is 12.0 Å². The molecule has 4 heteroatoms. The molecule has 1 amide bonds. The van der Waals surface area contributed by atoms with Crippen LogP contribution in [0.25, 0.3) is 0 Å². The number of hydrogen-bond acceptors (Lipinski definition) is 3. The first-order chi connectivity index (χ1) is 9.78. The van der Waals surface area contributed by atoms with Crippen LogP contribution in [0.4, 0.5) is 5.69 Å². The average molecular weight is 274 g/mol. The van der Waals surface area contributed by atoms with Crippen molar-refractivity contribution >= 4 is 11.6 Å². The van der Waals surface area contributed by atoms with E-state index in [2.05, 4.69) is 29.7 Å². The molecule has 4 nitrogen and oxygen atoms in total. The number of anilines is 1. The summed E-state index contributed by atoms with van der Waals surface area (Å²) in [7, 11) is 0. The molecule has 0 bridgehead atoms. The fraction of sp³-hybridized carbons (Fsp3) is 0.562. The number of fused-ring (bicyclic) bond motifs is 1. The van der Waals surface area contributed by atoms with E-state index in [1.807, 2.05) is 6.07 Å². The van der Waals surface area contributed by atoms with Gasteiger partial charge in [-0.2, -0.15) is 0 Å². The lowest BCUT2D eigenvalue weighted by Gasteiger charge is -2.31. The summed E-state index contributed by atoms with van der Waals surface area (Å²) in [5.74, 6) is 0.0890. The molecule has 2 aliphatic heterocycles. The van der Waals surface area contributed by atoms with Gasteiger partial charge in [-0.05, 0) is 43.0 Å². The Hall–Kier alpha value is -1.39. The van der Waals surface area contributed by atoms with Crippen LogP contribution in [0.15, 0.2) is 18.2 Å². The Kier molecular flexibility index (Phi) is 4.03. The van der Waals surface area contributed by atoms with E-state index < -0.39 is 0 Å². The highest BCUT2D eigenvalue weighted by molar-refractivity contribution is 5.99. The van der Waals surface area contributed by atoms with E-state index in [4.69, 9.17) is 4.74 Å². The highest BCUT2D eigenvalue weighted by Gasteiger charge is 2.27. The van der Waals surface area contributed by atoms with Crippen LogP contribution in [0, 0.1) is 0 Å². The van der Waals surface area contributed by atoms with E-state index in [-0.39, 0.29) is 18.1 Å². The minimum atomic E-state index is 0.0890. The number of rotatable bonds is 4. The van der Waals surface area contributed by atoms with Crippen LogP contribution in [0.5, 0.6) is 0 Å². The highest BCUT2D eigenvalue weighted by atomic mass is 16.5. The Balaban J connectivity index is 1.84. The van der Waals surface area contributed by atoms with Crippen LogP contribution in [0.1, 0.15) is 43.4 Å². The van der Waals surface area contributed by atoms with Crippen LogP contribution in [0.3, 0.4) is 0 Å². The fourth-order valence-electron chi connectivity index (χ4n) is 3.16. The molecule has 3 rings (SSSR count). The number of hydrogen-bond donors (Lipinski definition) is 2. The first kappa shape index (κ1) is 13.6. The molecule has 2 N–H and O–H groups in total. The lowest BCUT2D eigenvalue weighted by molar-refractivity contribution is -0.115. The van der Waals surface area contributed by atoms with Gasteiger partial charge in [0.2, 0.25) is 5.91 Å². The molecule has 1 fully saturated rings. The predicted molar refractivity (Wildman–Crippen MR) is 78.8 cm³/mol. The normalized spacial score (nSPS) is 23.2. The number of carbonyl (C=O) groups excluding carboxylic acids is 1. The molecule has 0 saturated carbocycles. The van der Waals surface area contributed by atoms with Crippen LogP contribution in [-0.2, 0) is 16.0 Å². The monoisotopic (exact) mass is 274 g/mol. The number of nitrogens with one attached hydrogen (secondary N) is 2. The maximum absolute atomic E-state index is 11.5. The molecule has 1 aromatic carbocycles. The number of carbonyl (C=O) groups is 1. The molecule has 1 aromatic rings. The van der Waals surface area contributed by atoms with Gasteiger partial charge in [-0.15, -0.1) is 0 Å². The number of amides is 1. The Morgan fingerprint density at radius 3 is 3.10 bits per heavy atom. The molecule has 1 saturated heterocycles. The first-order valence-electron chi connectivity index (χ1n) is 7.55. The van der Waals surface area contributed by atoms with E-state index in [0.29, 0.717) is 6.42 Å². The Labute approximate surface area is 119 Å². The van der Waals surface area contributed by atoms with Crippen molar-refractivity contribution < 1.29 is 9.53 Å². The van der Waals surface area contributed by atoms with Gasteiger partial charge in [0.05, 0.1) is 18.6 Å². The first-order valence-corrected chi connectivity index (χ1v) is 7.55. The van der Waals surface area contributed by atoms with Crippen molar-refractivity contribution in [2.24, 2.45) is 0 Å². The lowest BCUT2D eigenvalue weighted by atomic mass is 9.94. The summed E-state index contributed by atoms with van der Waals surface area (Å²) in [6.07, 6.45) is 4.24. The van der Waals surface area contributed by atoms with Gasteiger partial charge in [0.15, 0.2) is 0 Å². The van der Waals surface area contributed by atoms with Crippen molar-refractivity contribution in [1.82, 2.24) is 5.32 Å². The zero-order chi connectivity index (χ0) is 13.9. The molecule has 2 heterocycles. The van der Waals surface area contributed by atoms with Gasteiger partial charge in [0.25, 0.3) is 0 Å². The number of likely N-dealkylation sites (N-methyl/N-ethyl adjacent to an activating group) is 1. The van der Waals surface area contributed by atoms with Crippen LogP contribution in [0.2, 0.25) is 0 Å². The van der Waals surface area contributed by atoms with Crippen LogP contribution >= 0.6 is 0 Å². The van der Waals surface area contributed by atoms with Gasteiger partial charge < -0.3 is 15.4 Å². The van der Waals surface area contributed by atoms with E-state index >= 15 is 0 Å². The van der Waals surface area contributed by atoms with Crippen molar-refractivity contribution in [3.8, 4) is 0 Å². The summed E-state index contributed by atoms with van der Waals surface area (Å²) in [6, 6.07) is 6.50. The second-order valence-corrected chi connectivity index (χ2v) is 5.58. The summed E-state index contributed by atoms with van der Waals surface area (Å²) in [5.41, 5.74) is 3.29. The van der Waals surface area contributed by atoms with Gasteiger partial charge in [-0.3, -0.25) is 4.79 Å². The van der Waals surface area contributed by atoms with Crippen molar-refractivity contribution in [1.29, 1.82) is 0 Å². The summed E-state index contributed by atoms with van der Waals surface area (Å²) in [5, 5.41) is 6.43. The smallest absolute Gasteiger partial charge is 0.228 e. The molecule has 0 aromatic heterocycles. The van der Waals surface area contributed by atoms with E-state index in [0.717, 1.165) is 37.2 Å². The van der Waals surface area contributed by atoms with Crippen LogP contribution < -0.4 is 10.6 Å². The van der Waals surface area contributed by atoms with Gasteiger partial charge in [0, 0.05) is 12.3 Å². The van der Waals surface area contributed by atoms with Crippen molar-refractivity contribution in [2.75, 3.05) is 18.5 Å². The van der Waals surface area contributed by atoms with Gasteiger partial charge in [-0.1, -0.05) is 19.1 Å². The summed E-state index contributed by atoms with van der Waals surface area (Å²) in [6.45, 7) is 3.89. The summed E-state index contributed by atoms with van der Waals surface area (Å²) in [4.78, 5) is 11.5. The molecule has 2 unspecified atom stereocenters. The third-order valence-corrected chi connectivity index (χ3v) is 4.12. The van der Waals surface area contributed by atoms with Crippen molar-refractivity contribution in [3.05, 3.63) is 29.3 Å². The largest absolute Gasteiger partial charge is 0.376 e. The maximum atomic E-state index is 11.5. The minimum Gasteiger partial charge on any atom is -0.376 e. The Morgan fingerprint density at radius 2 is 2.35 bits per heavy atom. The SMILES string of the molecule is CCNC(c1ccc2c(c1)CC(=O)N2)C1CCCCO1. The molecule has 0 spiro atoms. The molecule has 0 aliphatic carbocycles. The van der Waals surface area contributed by atoms with E-state index in [1.54, 1.807) is 0 Å². The summed E-state index contributed by atoms with van der Waals surface area (Å²) >= 11 is 0. The molecular formula is C16H22N2O2. The topological polar surface area (TPSA) is 50.4 Å². The highest BCUT2D eigenvalue weighted by Crippen LogP contribution is 2.31.